The third-order valence-electron chi connectivity index (χ3n) is 6.37. The van der Waals surface area contributed by atoms with Crippen LogP contribution in [0.3, 0.4) is 0 Å². The average molecular weight is 410 g/mol. The van der Waals surface area contributed by atoms with E-state index in [-0.39, 0.29) is 18.3 Å². The highest BCUT2D eigenvalue weighted by Gasteiger charge is 2.29. The molecule has 2 aliphatic rings. The molecule has 0 unspecified atom stereocenters. The van der Waals surface area contributed by atoms with Gasteiger partial charge in [0.25, 0.3) is 5.91 Å². The zero-order valence-corrected chi connectivity index (χ0v) is 17.8. The highest BCUT2D eigenvalue weighted by Crippen LogP contribution is 2.30. The molecule has 0 aromatic heterocycles. The molecule has 1 fully saturated rings. The maximum atomic E-state index is 14.0. The highest BCUT2D eigenvalue weighted by atomic mass is 19.1. The fourth-order valence-corrected chi connectivity index (χ4v) is 4.57. The van der Waals surface area contributed by atoms with E-state index < -0.39 is 0 Å². The van der Waals surface area contributed by atoms with Gasteiger partial charge >= 0.3 is 0 Å². The van der Waals surface area contributed by atoms with Gasteiger partial charge in [-0.3, -0.25) is 4.79 Å². The minimum Gasteiger partial charge on any atom is -0.488 e. The molecule has 30 heavy (non-hydrogen) atoms. The smallest absolute Gasteiger partial charge is 0.255 e. The molecule has 0 bridgehead atoms. The van der Waals surface area contributed by atoms with Gasteiger partial charge in [-0.15, -0.1) is 0 Å². The van der Waals surface area contributed by atoms with Crippen molar-refractivity contribution in [3.8, 4) is 5.75 Å². The van der Waals surface area contributed by atoms with Crippen molar-refractivity contribution in [1.29, 1.82) is 0 Å². The molecule has 5 heteroatoms. The largest absolute Gasteiger partial charge is 0.488 e. The Balaban J connectivity index is 1.40. The second-order valence-electron chi connectivity index (χ2n) is 8.99. The first-order valence-corrected chi connectivity index (χ1v) is 10.8. The van der Waals surface area contributed by atoms with Gasteiger partial charge in [0.05, 0.1) is 31.3 Å². The first-order chi connectivity index (χ1) is 14.4. The van der Waals surface area contributed by atoms with Crippen molar-refractivity contribution < 1.29 is 18.4 Å². The van der Waals surface area contributed by atoms with Gasteiger partial charge in [0.2, 0.25) is 0 Å². The Kier molecular flexibility index (Phi) is 5.91. The number of benzene rings is 2. The van der Waals surface area contributed by atoms with Gasteiger partial charge in [-0.25, -0.2) is 4.39 Å². The molecular formula is C25H30FN2O2+. The summed E-state index contributed by atoms with van der Waals surface area (Å²) < 4.78 is 20.5. The van der Waals surface area contributed by atoms with E-state index in [0.717, 1.165) is 22.8 Å². The number of anilines is 1. The molecular weight excluding hydrogens is 379 g/mol. The van der Waals surface area contributed by atoms with E-state index in [1.54, 1.807) is 18.2 Å². The predicted octanol–water partition coefficient (Wildman–Crippen LogP) is 5.15. The Hall–Kier alpha value is -2.66. The van der Waals surface area contributed by atoms with Crippen LogP contribution in [0, 0.1) is 5.82 Å². The maximum Gasteiger partial charge on any atom is 0.255 e. The topological polar surface area (TPSA) is 38.3 Å². The summed E-state index contributed by atoms with van der Waals surface area (Å²) in [5.41, 5.74) is 2.73. The number of nitrogens with one attached hydrogen (secondary N) is 1. The van der Waals surface area contributed by atoms with E-state index in [4.69, 9.17) is 4.74 Å². The van der Waals surface area contributed by atoms with Crippen LogP contribution in [0.15, 0.2) is 48.0 Å². The second-order valence-corrected chi connectivity index (χ2v) is 8.99. The quantitative estimate of drug-likeness (QED) is 0.694. The zero-order chi connectivity index (χ0) is 21.1. The predicted molar refractivity (Wildman–Crippen MR) is 118 cm³/mol. The third-order valence-corrected chi connectivity index (χ3v) is 6.37. The number of hydrogen-bond acceptors (Lipinski definition) is 2. The molecule has 0 spiro atoms. The lowest BCUT2D eigenvalue weighted by Crippen LogP contribution is -2.48. The summed E-state index contributed by atoms with van der Waals surface area (Å²) in [5.74, 6) is -0.190. The fourth-order valence-electron chi connectivity index (χ4n) is 4.57. The first kappa shape index (κ1) is 20.6. The molecule has 1 amide bonds. The van der Waals surface area contributed by atoms with E-state index in [0.29, 0.717) is 16.9 Å². The normalized spacial score (nSPS) is 17.0. The lowest BCUT2D eigenvalue weighted by atomic mass is 9.92. The molecule has 1 aliphatic heterocycles. The minimum atomic E-state index is -0.388. The number of nitrogens with zero attached hydrogens (tertiary/aromatic N) is 1. The Morgan fingerprint density at radius 2 is 1.83 bits per heavy atom. The van der Waals surface area contributed by atoms with Gasteiger partial charge < -0.3 is 14.5 Å². The molecule has 0 atom stereocenters. The molecule has 2 aromatic rings. The minimum absolute atomic E-state index is 0.132. The Morgan fingerprint density at radius 3 is 2.57 bits per heavy atom. The summed E-state index contributed by atoms with van der Waals surface area (Å²) in [5, 5.41) is 2.90. The van der Waals surface area contributed by atoms with E-state index >= 15 is 0 Å². The number of quaternary nitrogens is 1. The van der Waals surface area contributed by atoms with Crippen LogP contribution < -0.4 is 10.1 Å². The van der Waals surface area contributed by atoms with Gasteiger partial charge in [-0.05, 0) is 56.0 Å². The van der Waals surface area contributed by atoms with Crippen molar-refractivity contribution in [1.82, 2.24) is 0 Å². The number of carbonyl (C=O) groups is 1. The number of rotatable bonds is 5. The van der Waals surface area contributed by atoms with Gasteiger partial charge in [-0.2, -0.15) is 0 Å². The summed E-state index contributed by atoms with van der Waals surface area (Å²) in [4.78, 5) is 12.6. The van der Waals surface area contributed by atoms with Gasteiger partial charge in [0.1, 0.15) is 24.7 Å². The summed E-state index contributed by atoms with van der Waals surface area (Å²) in [7, 11) is 4.64. The number of carbonyl (C=O) groups excluding carboxylic acids is 1. The number of hydrogen-bond donors (Lipinski definition) is 1. The van der Waals surface area contributed by atoms with Gasteiger partial charge in [0.15, 0.2) is 0 Å². The molecule has 4 rings (SSSR count). The van der Waals surface area contributed by atoms with Crippen LogP contribution in [0.1, 0.15) is 43.2 Å². The number of ether oxygens (including phenoxy) is 1. The van der Waals surface area contributed by atoms with E-state index in [1.165, 1.54) is 43.7 Å². The van der Waals surface area contributed by atoms with Crippen LogP contribution in [0.2, 0.25) is 0 Å². The Bertz CT molecular complexity index is 944. The fraction of sp³-hybridized carbons (Fsp3) is 0.400. The summed E-state index contributed by atoms with van der Waals surface area (Å²) in [6, 6.07) is 13.4. The van der Waals surface area contributed by atoms with Crippen molar-refractivity contribution in [2.45, 2.75) is 44.7 Å². The molecule has 1 N–H and O–H groups in total. The van der Waals surface area contributed by atoms with Crippen molar-refractivity contribution in [2.75, 3.05) is 26.0 Å². The van der Waals surface area contributed by atoms with Crippen LogP contribution >= 0.6 is 0 Å². The molecule has 158 valence electrons. The molecule has 4 nitrogen and oxygen atoms in total. The second kappa shape index (κ2) is 8.60. The standard InChI is InChI=1S/C25H29FN2O2/c1-28(2,21-7-4-3-5-8-21)16-18-11-13-20(14-12-18)27-25(29)19-15-22-23(26)9-6-10-24(22)30-17-19/h6,9-15,21H,3-5,7-8,16-17H2,1-2H3/p+1. The van der Waals surface area contributed by atoms with Crippen LogP contribution in [0.5, 0.6) is 5.75 Å². The lowest BCUT2D eigenvalue weighted by molar-refractivity contribution is -0.929. The summed E-state index contributed by atoms with van der Waals surface area (Å²) in [6.07, 6.45) is 8.23. The zero-order valence-electron chi connectivity index (χ0n) is 17.8. The molecule has 0 saturated heterocycles. The van der Waals surface area contributed by atoms with Crippen LogP contribution in [-0.4, -0.2) is 37.1 Å². The van der Waals surface area contributed by atoms with Crippen molar-refractivity contribution >= 4 is 17.7 Å². The van der Waals surface area contributed by atoms with Crippen molar-refractivity contribution in [3.05, 3.63) is 65.0 Å². The first-order valence-electron chi connectivity index (χ1n) is 10.8. The van der Waals surface area contributed by atoms with Crippen molar-refractivity contribution in [2.24, 2.45) is 0 Å². The SMILES string of the molecule is C[N+](C)(Cc1ccc(NC(=O)C2=Cc3c(F)cccc3OC2)cc1)C1CCCCC1. The number of halogens is 1. The van der Waals surface area contributed by atoms with E-state index in [9.17, 15) is 9.18 Å². The van der Waals surface area contributed by atoms with Crippen LogP contribution in [-0.2, 0) is 11.3 Å². The number of amides is 1. The third kappa shape index (κ3) is 4.57. The highest BCUT2D eigenvalue weighted by molar-refractivity contribution is 6.07. The van der Waals surface area contributed by atoms with Crippen LogP contribution in [0.25, 0.3) is 6.08 Å². The monoisotopic (exact) mass is 409 g/mol. The van der Waals surface area contributed by atoms with Crippen molar-refractivity contribution in [3.63, 3.8) is 0 Å². The summed E-state index contributed by atoms with van der Waals surface area (Å²) >= 11 is 0. The molecule has 1 saturated carbocycles. The molecule has 0 radical (unpaired) electrons. The van der Waals surface area contributed by atoms with Crippen LogP contribution in [0.4, 0.5) is 10.1 Å². The van der Waals surface area contributed by atoms with Gasteiger partial charge in [-0.1, -0.05) is 24.6 Å². The maximum absolute atomic E-state index is 14.0. The molecule has 1 heterocycles. The summed E-state index contributed by atoms with van der Waals surface area (Å²) in [6.45, 7) is 1.11. The van der Waals surface area contributed by atoms with E-state index in [1.807, 2.05) is 12.1 Å². The van der Waals surface area contributed by atoms with Gasteiger partial charge in [0, 0.05) is 11.3 Å². The number of fused-ring (bicyclic) bond motifs is 1. The molecule has 2 aromatic carbocycles. The van der Waals surface area contributed by atoms with E-state index in [2.05, 4.69) is 31.5 Å². The lowest BCUT2D eigenvalue weighted by Gasteiger charge is -2.40. The molecule has 1 aliphatic carbocycles. The Labute approximate surface area is 177 Å². The average Bonchev–Trinajstić information content (AvgIpc) is 2.75. The Morgan fingerprint density at radius 1 is 1.10 bits per heavy atom.